The second-order valence-electron chi connectivity index (χ2n) is 5.80. The van der Waals surface area contributed by atoms with Gasteiger partial charge in [0.05, 0.1) is 0 Å². The summed E-state index contributed by atoms with van der Waals surface area (Å²) in [6.07, 6.45) is 3.19. The number of nitrogens with zero attached hydrogens (tertiary/aromatic N) is 1. The molecule has 2 fully saturated rings. The molecule has 126 valence electrons. The van der Waals surface area contributed by atoms with Gasteiger partial charge in [-0.1, -0.05) is 12.8 Å². The Hall–Kier alpha value is -0.620. The van der Waals surface area contributed by atoms with Gasteiger partial charge < -0.3 is 10.4 Å². The average molecular weight is 355 g/mol. The monoisotopic (exact) mass is 354 g/mol. The highest BCUT2D eigenvalue weighted by atomic mass is 35.5. The Morgan fingerprint density at radius 1 is 1.18 bits per heavy atom. The number of piperazine rings is 1. The largest absolute Gasteiger partial charge is 0.507 e. The molecule has 1 aliphatic heterocycles. The lowest BCUT2D eigenvalue weighted by atomic mass is 9.97. The second-order valence-corrected chi connectivity index (χ2v) is 5.80. The minimum Gasteiger partial charge on any atom is -0.507 e. The minimum atomic E-state index is -0.728. The van der Waals surface area contributed by atoms with E-state index in [1.807, 2.05) is 0 Å². The van der Waals surface area contributed by atoms with E-state index in [4.69, 9.17) is 0 Å². The molecular formula is C15H22Cl2F2N2O. The Morgan fingerprint density at radius 3 is 2.36 bits per heavy atom. The van der Waals surface area contributed by atoms with E-state index in [9.17, 15) is 13.9 Å². The predicted octanol–water partition coefficient (Wildman–Crippen LogP) is 3.26. The van der Waals surface area contributed by atoms with Crippen molar-refractivity contribution in [3.63, 3.8) is 0 Å². The van der Waals surface area contributed by atoms with Crippen molar-refractivity contribution in [3.05, 3.63) is 29.3 Å². The number of phenols is 1. The molecule has 3 nitrogen and oxygen atoms in total. The quantitative estimate of drug-likeness (QED) is 0.870. The molecule has 0 bridgehead atoms. The smallest absolute Gasteiger partial charge is 0.134 e. The molecule has 0 amide bonds. The van der Waals surface area contributed by atoms with Crippen LogP contribution in [-0.4, -0.2) is 36.2 Å². The summed E-state index contributed by atoms with van der Waals surface area (Å²) in [5.74, 6) is -1.01. The molecule has 1 aliphatic carbocycles. The number of aromatic hydroxyl groups is 1. The molecule has 0 unspecified atom stereocenters. The van der Waals surface area contributed by atoms with Crippen LogP contribution >= 0.6 is 24.8 Å². The first kappa shape index (κ1) is 19.4. The predicted molar refractivity (Wildman–Crippen MR) is 87.0 cm³/mol. The van der Waals surface area contributed by atoms with Crippen molar-refractivity contribution in [2.75, 3.05) is 26.2 Å². The van der Waals surface area contributed by atoms with E-state index < -0.39 is 11.6 Å². The SMILES string of the molecule is Cl.Cl.Oc1cc(F)cc(F)c1[C@@H](CC1CC1)N1CCNCC1. The summed E-state index contributed by atoms with van der Waals surface area (Å²) in [5, 5.41) is 13.3. The summed E-state index contributed by atoms with van der Waals surface area (Å²) in [6, 6.07) is 1.74. The van der Waals surface area contributed by atoms with Crippen molar-refractivity contribution in [3.8, 4) is 5.75 Å². The molecule has 0 spiro atoms. The molecule has 1 aromatic rings. The third-order valence-corrected chi connectivity index (χ3v) is 4.25. The van der Waals surface area contributed by atoms with Gasteiger partial charge in [0.2, 0.25) is 0 Å². The Morgan fingerprint density at radius 2 is 1.82 bits per heavy atom. The zero-order valence-corrected chi connectivity index (χ0v) is 13.9. The van der Waals surface area contributed by atoms with Crippen molar-refractivity contribution < 1.29 is 13.9 Å². The molecule has 7 heteroatoms. The molecule has 2 aliphatic rings. The van der Waals surface area contributed by atoms with E-state index in [0.29, 0.717) is 5.92 Å². The van der Waals surface area contributed by atoms with E-state index >= 15 is 0 Å². The molecule has 1 saturated carbocycles. The van der Waals surface area contributed by atoms with Crippen LogP contribution in [0.5, 0.6) is 5.75 Å². The van der Waals surface area contributed by atoms with E-state index in [-0.39, 0.29) is 42.2 Å². The average Bonchev–Trinajstić information content (AvgIpc) is 3.21. The normalized spacial score (nSPS) is 19.9. The first-order chi connectivity index (χ1) is 9.65. The molecule has 0 radical (unpaired) electrons. The van der Waals surface area contributed by atoms with Gasteiger partial charge in [0.1, 0.15) is 17.4 Å². The fourth-order valence-electron chi connectivity index (χ4n) is 3.01. The van der Waals surface area contributed by atoms with Crippen molar-refractivity contribution in [1.29, 1.82) is 0 Å². The van der Waals surface area contributed by atoms with Gasteiger partial charge in [-0.15, -0.1) is 24.8 Å². The number of rotatable bonds is 4. The zero-order chi connectivity index (χ0) is 14.1. The molecular weight excluding hydrogens is 333 g/mol. The lowest BCUT2D eigenvalue weighted by Gasteiger charge is -2.35. The number of halogens is 4. The summed E-state index contributed by atoms with van der Waals surface area (Å²) >= 11 is 0. The maximum Gasteiger partial charge on any atom is 0.134 e. The van der Waals surface area contributed by atoms with Crippen LogP contribution in [0, 0.1) is 17.6 Å². The summed E-state index contributed by atoms with van der Waals surface area (Å²) in [7, 11) is 0. The van der Waals surface area contributed by atoms with Crippen LogP contribution in [0.2, 0.25) is 0 Å². The standard InChI is InChI=1S/C15H20F2N2O.2ClH/c16-11-8-12(17)15(14(20)9-11)13(7-10-1-2-10)19-5-3-18-4-6-19;;/h8-10,13,18,20H,1-7H2;2*1H/t13-;;/m1../s1. The number of phenolic OH excluding ortho intramolecular Hbond substituents is 1. The fraction of sp³-hybridized carbons (Fsp3) is 0.600. The number of hydrogen-bond acceptors (Lipinski definition) is 3. The Kier molecular flexibility index (Phi) is 7.32. The van der Waals surface area contributed by atoms with Gasteiger partial charge in [-0.2, -0.15) is 0 Å². The van der Waals surface area contributed by atoms with Crippen LogP contribution in [0.4, 0.5) is 8.78 Å². The van der Waals surface area contributed by atoms with E-state index in [1.54, 1.807) is 0 Å². The summed E-state index contributed by atoms with van der Waals surface area (Å²) in [6.45, 7) is 3.39. The third kappa shape index (κ3) is 4.44. The van der Waals surface area contributed by atoms with E-state index in [0.717, 1.165) is 44.7 Å². The van der Waals surface area contributed by atoms with Crippen LogP contribution in [0.25, 0.3) is 0 Å². The maximum absolute atomic E-state index is 14.1. The molecule has 3 rings (SSSR count). The Bertz CT molecular complexity index is 471. The van der Waals surface area contributed by atoms with Crippen molar-refractivity contribution in [2.24, 2.45) is 5.92 Å². The van der Waals surface area contributed by atoms with Crippen molar-refractivity contribution in [1.82, 2.24) is 10.2 Å². The Balaban J connectivity index is 0.00000121. The topological polar surface area (TPSA) is 35.5 Å². The first-order valence-electron chi connectivity index (χ1n) is 7.28. The molecule has 1 heterocycles. The van der Waals surface area contributed by atoms with Crippen LogP contribution < -0.4 is 5.32 Å². The fourth-order valence-corrected chi connectivity index (χ4v) is 3.01. The molecule has 1 saturated heterocycles. The number of hydrogen-bond donors (Lipinski definition) is 2. The zero-order valence-electron chi connectivity index (χ0n) is 12.2. The minimum absolute atomic E-state index is 0. The van der Waals surface area contributed by atoms with Crippen LogP contribution in [-0.2, 0) is 0 Å². The number of benzene rings is 1. The van der Waals surface area contributed by atoms with Gasteiger partial charge >= 0.3 is 0 Å². The molecule has 2 N–H and O–H groups in total. The van der Waals surface area contributed by atoms with Gasteiger partial charge in [-0.05, 0) is 12.3 Å². The van der Waals surface area contributed by atoms with Crippen molar-refractivity contribution >= 4 is 24.8 Å². The van der Waals surface area contributed by atoms with Gasteiger partial charge in [0.15, 0.2) is 0 Å². The highest BCUT2D eigenvalue weighted by Gasteiger charge is 2.33. The summed E-state index contributed by atoms with van der Waals surface area (Å²) in [5.41, 5.74) is 0.264. The highest BCUT2D eigenvalue weighted by molar-refractivity contribution is 5.85. The first-order valence-corrected chi connectivity index (χ1v) is 7.28. The van der Waals surface area contributed by atoms with Crippen molar-refractivity contribution in [2.45, 2.75) is 25.3 Å². The van der Waals surface area contributed by atoms with Crippen LogP contribution in [0.1, 0.15) is 30.9 Å². The van der Waals surface area contributed by atoms with Crippen LogP contribution in [0.15, 0.2) is 12.1 Å². The lowest BCUT2D eigenvalue weighted by Crippen LogP contribution is -2.45. The molecule has 1 atom stereocenters. The van der Waals surface area contributed by atoms with Crippen LogP contribution in [0.3, 0.4) is 0 Å². The lowest BCUT2D eigenvalue weighted by molar-refractivity contribution is 0.154. The number of nitrogens with one attached hydrogen (secondary N) is 1. The van der Waals surface area contributed by atoms with Gasteiger partial charge in [-0.25, -0.2) is 8.78 Å². The van der Waals surface area contributed by atoms with Gasteiger partial charge in [0.25, 0.3) is 0 Å². The van der Waals surface area contributed by atoms with E-state index in [1.165, 1.54) is 12.8 Å². The second kappa shape index (κ2) is 8.29. The maximum atomic E-state index is 14.1. The summed E-state index contributed by atoms with van der Waals surface area (Å²) in [4.78, 5) is 2.20. The Labute approximate surface area is 141 Å². The summed E-state index contributed by atoms with van der Waals surface area (Å²) < 4.78 is 27.3. The van der Waals surface area contributed by atoms with E-state index in [2.05, 4.69) is 10.2 Å². The van der Waals surface area contributed by atoms with Gasteiger partial charge in [0, 0.05) is 49.9 Å². The molecule has 1 aromatic carbocycles. The molecule has 0 aromatic heterocycles. The third-order valence-electron chi connectivity index (χ3n) is 4.25. The highest BCUT2D eigenvalue weighted by Crippen LogP contribution is 2.43. The van der Waals surface area contributed by atoms with Gasteiger partial charge in [-0.3, -0.25) is 4.90 Å². The molecule has 22 heavy (non-hydrogen) atoms.